The molecule has 1 aromatic rings. The monoisotopic (exact) mass is 379 g/mol. The van der Waals surface area contributed by atoms with Crippen LogP contribution in [0.5, 0.6) is 11.5 Å². The number of thioether (sulfide) groups is 1. The van der Waals surface area contributed by atoms with Crippen LogP contribution in [-0.2, 0) is 6.42 Å². The van der Waals surface area contributed by atoms with Gasteiger partial charge in [0.25, 0.3) is 0 Å². The smallest absolute Gasteiger partial charge is 0.191 e. The van der Waals surface area contributed by atoms with Gasteiger partial charge in [-0.05, 0) is 63.0 Å². The van der Waals surface area contributed by atoms with Crippen LogP contribution in [0.25, 0.3) is 0 Å². The molecule has 1 heterocycles. The van der Waals surface area contributed by atoms with Crippen molar-refractivity contribution in [3.63, 3.8) is 0 Å². The Hall–Kier alpha value is -1.56. The molecule has 2 N–H and O–H groups in total. The van der Waals surface area contributed by atoms with Crippen molar-refractivity contribution in [1.82, 2.24) is 10.6 Å². The molecule has 5 nitrogen and oxygen atoms in total. The van der Waals surface area contributed by atoms with E-state index in [1.54, 1.807) is 7.11 Å². The normalized spacial score (nSPS) is 17.2. The molecule has 1 fully saturated rings. The molecule has 0 bridgehead atoms. The predicted molar refractivity (Wildman–Crippen MR) is 112 cm³/mol. The van der Waals surface area contributed by atoms with Gasteiger partial charge < -0.3 is 20.1 Å². The first-order valence-electron chi connectivity index (χ1n) is 9.70. The molecule has 26 heavy (non-hydrogen) atoms. The average Bonchev–Trinajstić information content (AvgIpc) is 3.17. The average molecular weight is 380 g/mol. The van der Waals surface area contributed by atoms with Crippen LogP contribution in [0.1, 0.15) is 38.7 Å². The molecule has 1 unspecified atom stereocenters. The van der Waals surface area contributed by atoms with Crippen molar-refractivity contribution in [2.45, 2.75) is 44.8 Å². The fourth-order valence-electron chi connectivity index (χ4n) is 2.97. The van der Waals surface area contributed by atoms with Crippen molar-refractivity contribution in [1.29, 1.82) is 0 Å². The van der Waals surface area contributed by atoms with Gasteiger partial charge in [0.05, 0.1) is 20.3 Å². The number of ether oxygens (including phenoxy) is 2. The number of hydrogen-bond donors (Lipinski definition) is 2. The second-order valence-electron chi connectivity index (χ2n) is 6.30. The van der Waals surface area contributed by atoms with Crippen LogP contribution in [0.15, 0.2) is 23.2 Å². The lowest BCUT2D eigenvalue weighted by molar-refractivity contribution is 0.310. The molecule has 0 aromatic heterocycles. The van der Waals surface area contributed by atoms with E-state index in [1.807, 2.05) is 13.0 Å². The molecular formula is C20H33N3O2S. The van der Waals surface area contributed by atoms with Crippen molar-refractivity contribution in [3.8, 4) is 11.5 Å². The summed E-state index contributed by atoms with van der Waals surface area (Å²) in [7, 11) is 1.67. The lowest BCUT2D eigenvalue weighted by atomic mass is 10.1. The second-order valence-corrected chi connectivity index (χ2v) is 7.71. The summed E-state index contributed by atoms with van der Waals surface area (Å²) in [4.78, 5) is 4.74. The third kappa shape index (κ3) is 6.98. The lowest BCUT2D eigenvalue weighted by Gasteiger charge is -2.13. The van der Waals surface area contributed by atoms with Crippen LogP contribution in [-0.4, -0.2) is 50.3 Å². The van der Waals surface area contributed by atoms with Crippen LogP contribution >= 0.6 is 11.8 Å². The highest BCUT2D eigenvalue weighted by Crippen LogP contribution is 2.28. The van der Waals surface area contributed by atoms with E-state index in [0.717, 1.165) is 49.9 Å². The summed E-state index contributed by atoms with van der Waals surface area (Å²) in [5.74, 6) is 3.84. The van der Waals surface area contributed by atoms with Gasteiger partial charge in [0, 0.05) is 18.3 Å². The highest BCUT2D eigenvalue weighted by atomic mass is 32.2. The molecule has 0 radical (unpaired) electrons. The van der Waals surface area contributed by atoms with E-state index >= 15 is 0 Å². The minimum Gasteiger partial charge on any atom is -0.493 e. The van der Waals surface area contributed by atoms with Gasteiger partial charge in [0.1, 0.15) is 0 Å². The minimum atomic E-state index is 0.642. The molecule has 0 amide bonds. The number of nitrogens with zero attached hydrogens (tertiary/aromatic N) is 1. The number of hydrogen-bond acceptors (Lipinski definition) is 4. The SMILES string of the molecule is CCNC(=NCC1CCCS1)NCCCc1ccc(OC)c(OCC)c1. The summed E-state index contributed by atoms with van der Waals surface area (Å²) >= 11 is 2.05. The van der Waals surface area contributed by atoms with Crippen molar-refractivity contribution < 1.29 is 9.47 Å². The summed E-state index contributed by atoms with van der Waals surface area (Å²) < 4.78 is 11.0. The van der Waals surface area contributed by atoms with Crippen molar-refractivity contribution >= 4 is 17.7 Å². The van der Waals surface area contributed by atoms with Crippen LogP contribution < -0.4 is 20.1 Å². The zero-order valence-electron chi connectivity index (χ0n) is 16.3. The maximum absolute atomic E-state index is 5.65. The van der Waals surface area contributed by atoms with Crippen molar-refractivity contribution in [3.05, 3.63) is 23.8 Å². The molecule has 0 spiro atoms. The van der Waals surface area contributed by atoms with Gasteiger partial charge in [-0.2, -0.15) is 11.8 Å². The highest BCUT2D eigenvalue weighted by molar-refractivity contribution is 8.00. The fourth-order valence-corrected chi connectivity index (χ4v) is 4.15. The van der Waals surface area contributed by atoms with Gasteiger partial charge in [-0.15, -0.1) is 0 Å². The van der Waals surface area contributed by atoms with Crippen molar-refractivity contribution in [2.24, 2.45) is 4.99 Å². The van der Waals surface area contributed by atoms with Gasteiger partial charge in [-0.25, -0.2) is 0 Å². The number of aliphatic imine (C=N–C) groups is 1. The Morgan fingerprint density at radius 1 is 1.27 bits per heavy atom. The van der Waals surface area contributed by atoms with E-state index in [2.05, 4.69) is 41.5 Å². The Labute approximate surface area is 162 Å². The van der Waals surface area contributed by atoms with E-state index in [1.165, 1.54) is 24.2 Å². The summed E-state index contributed by atoms with van der Waals surface area (Å²) in [6, 6.07) is 6.18. The van der Waals surface area contributed by atoms with E-state index in [4.69, 9.17) is 14.5 Å². The first-order valence-corrected chi connectivity index (χ1v) is 10.7. The van der Waals surface area contributed by atoms with Crippen LogP contribution in [0.3, 0.4) is 0 Å². The molecule has 1 aliphatic rings. The van der Waals surface area contributed by atoms with Gasteiger partial charge in [0.2, 0.25) is 0 Å². The third-order valence-corrected chi connectivity index (χ3v) is 5.66. The van der Waals surface area contributed by atoms with Crippen LogP contribution in [0, 0.1) is 0 Å². The first kappa shape index (κ1) is 20.7. The largest absolute Gasteiger partial charge is 0.493 e. The number of rotatable bonds is 10. The van der Waals surface area contributed by atoms with E-state index in [9.17, 15) is 0 Å². The van der Waals surface area contributed by atoms with Crippen molar-refractivity contribution in [2.75, 3.05) is 39.1 Å². The molecule has 146 valence electrons. The third-order valence-electron chi connectivity index (χ3n) is 4.28. The molecule has 1 aromatic carbocycles. The summed E-state index contributed by atoms with van der Waals surface area (Å²) in [5.41, 5.74) is 1.26. The molecule has 6 heteroatoms. The van der Waals surface area contributed by atoms with E-state index < -0.39 is 0 Å². The standard InChI is InChI=1S/C20H33N3O2S/c1-4-21-20(23-15-17-9-7-13-26-17)22-12-6-8-16-10-11-18(24-3)19(14-16)25-5-2/h10-11,14,17H,4-9,12-13,15H2,1-3H3,(H2,21,22,23). The first-order chi connectivity index (χ1) is 12.8. The van der Waals surface area contributed by atoms with Crippen LogP contribution in [0.2, 0.25) is 0 Å². The number of benzene rings is 1. The van der Waals surface area contributed by atoms with Crippen LogP contribution in [0.4, 0.5) is 0 Å². The Balaban J connectivity index is 1.78. The van der Waals surface area contributed by atoms with E-state index in [0.29, 0.717) is 11.9 Å². The number of guanidine groups is 1. The van der Waals surface area contributed by atoms with Gasteiger partial charge in [-0.3, -0.25) is 4.99 Å². The molecular weight excluding hydrogens is 346 g/mol. The summed E-state index contributed by atoms with van der Waals surface area (Å²) in [6.07, 6.45) is 4.67. The van der Waals surface area contributed by atoms with Gasteiger partial charge in [-0.1, -0.05) is 6.07 Å². The zero-order valence-corrected chi connectivity index (χ0v) is 17.2. The maximum Gasteiger partial charge on any atom is 0.191 e. The summed E-state index contributed by atoms with van der Waals surface area (Å²) in [5, 5.41) is 7.49. The number of aryl methyl sites for hydroxylation is 1. The Bertz CT molecular complexity index is 560. The minimum absolute atomic E-state index is 0.642. The van der Waals surface area contributed by atoms with Gasteiger partial charge in [0.15, 0.2) is 17.5 Å². The Kier molecular flexibility index (Phi) is 9.53. The Morgan fingerprint density at radius 3 is 2.85 bits per heavy atom. The van der Waals surface area contributed by atoms with Gasteiger partial charge >= 0.3 is 0 Å². The molecule has 0 aliphatic carbocycles. The maximum atomic E-state index is 5.65. The fraction of sp³-hybridized carbons (Fsp3) is 0.650. The molecule has 1 aliphatic heterocycles. The molecule has 1 saturated heterocycles. The molecule has 0 saturated carbocycles. The molecule has 2 rings (SSSR count). The number of nitrogens with one attached hydrogen (secondary N) is 2. The topological polar surface area (TPSA) is 54.9 Å². The zero-order chi connectivity index (χ0) is 18.6. The summed E-state index contributed by atoms with van der Waals surface area (Å²) in [6.45, 7) is 7.44. The highest BCUT2D eigenvalue weighted by Gasteiger charge is 2.14. The lowest BCUT2D eigenvalue weighted by Crippen LogP contribution is -2.38. The van der Waals surface area contributed by atoms with E-state index in [-0.39, 0.29) is 0 Å². The molecule has 1 atom stereocenters. The predicted octanol–water partition coefficient (Wildman–Crippen LogP) is 3.48. The second kappa shape index (κ2) is 11.9. The Morgan fingerprint density at radius 2 is 2.15 bits per heavy atom. The quantitative estimate of drug-likeness (QED) is 0.370. The number of methoxy groups -OCH3 is 1.